The highest BCUT2D eigenvalue weighted by Gasteiger charge is 2.16. The van der Waals surface area contributed by atoms with Crippen molar-refractivity contribution in [2.75, 3.05) is 11.1 Å². The summed E-state index contributed by atoms with van der Waals surface area (Å²) < 4.78 is 7.67. The Morgan fingerprint density at radius 1 is 1.21 bits per heavy atom. The number of anilines is 1. The highest BCUT2D eigenvalue weighted by atomic mass is 35.5. The Kier molecular flexibility index (Phi) is 5.11. The zero-order valence-corrected chi connectivity index (χ0v) is 16.8. The van der Waals surface area contributed by atoms with E-state index in [9.17, 15) is 4.79 Å². The second kappa shape index (κ2) is 7.69. The quantitative estimate of drug-likeness (QED) is 0.471. The van der Waals surface area contributed by atoms with Crippen LogP contribution >= 0.6 is 23.4 Å². The fraction of sp³-hybridized carbons (Fsp3) is 0.150. The maximum Gasteiger partial charge on any atom is 0.234 e. The number of hydrogen-bond donors (Lipinski definition) is 1. The topological polar surface area (TPSA) is 73.0 Å². The minimum absolute atomic E-state index is 0.141. The van der Waals surface area contributed by atoms with Crippen molar-refractivity contribution in [3.05, 3.63) is 59.1 Å². The smallest absolute Gasteiger partial charge is 0.234 e. The van der Waals surface area contributed by atoms with Crippen molar-refractivity contribution in [1.82, 2.24) is 14.8 Å². The summed E-state index contributed by atoms with van der Waals surface area (Å²) in [7, 11) is 1.85. The minimum Gasteiger partial charge on any atom is -0.453 e. The number of nitrogens with zero attached hydrogens (tertiary/aromatic N) is 3. The van der Waals surface area contributed by atoms with E-state index < -0.39 is 0 Å². The fourth-order valence-electron chi connectivity index (χ4n) is 2.75. The first kappa shape index (κ1) is 18.6. The van der Waals surface area contributed by atoms with Crippen LogP contribution < -0.4 is 5.32 Å². The van der Waals surface area contributed by atoms with Gasteiger partial charge in [0.2, 0.25) is 5.91 Å². The van der Waals surface area contributed by atoms with Gasteiger partial charge in [-0.15, -0.1) is 10.2 Å². The van der Waals surface area contributed by atoms with Gasteiger partial charge in [0.1, 0.15) is 5.58 Å². The van der Waals surface area contributed by atoms with Crippen LogP contribution in [0.3, 0.4) is 0 Å². The Hall–Kier alpha value is -2.77. The number of fused-ring (bicyclic) bond motifs is 1. The van der Waals surface area contributed by atoms with Gasteiger partial charge in [0.05, 0.1) is 5.75 Å². The molecule has 0 saturated carbocycles. The van der Waals surface area contributed by atoms with Crippen LogP contribution in [0.5, 0.6) is 0 Å². The monoisotopic (exact) mass is 412 g/mol. The first-order chi connectivity index (χ1) is 13.5. The maximum absolute atomic E-state index is 12.2. The van der Waals surface area contributed by atoms with Gasteiger partial charge in [-0.25, -0.2) is 0 Å². The number of aryl methyl sites for hydroxylation is 1. The van der Waals surface area contributed by atoms with E-state index in [-0.39, 0.29) is 11.7 Å². The van der Waals surface area contributed by atoms with Crippen LogP contribution in [0, 0.1) is 6.92 Å². The van der Waals surface area contributed by atoms with Crippen molar-refractivity contribution in [1.29, 1.82) is 0 Å². The summed E-state index contributed by atoms with van der Waals surface area (Å²) in [5.41, 5.74) is 2.43. The van der Waals surface area contributed by atoms with E-state index in [0.29, 0.717) is 27.5 Å². The van der Waals surface area contributed by atoms with E-state index in [0.717, 1.165) is 16.5 Å². The van der Waals surface area contributed by atoms with Crippen LogP contribution in [0.25, 0.3) is 22.6 Å². The summed E-state index contributed by atoms with van der Waals surface area (Å²) in [6.45, 7) is 1.91. The number of carbonyl (C=O) groups excluding carboxylic acids is 1. The molecule has 0 atom stereocenters. The summed E-state index contributed by atoms with van der Waals surface area (Å²) >= 11 is 7.40. The number of nitrogens with one attached hydrogen (secondary N) is 1. The number of para-hydroxylation sites is 1. The Morgan fingerprint density at radius 3 is 2.82 bits per heavy atom. The molecule has 0 aliphatic heterocycles. The number of halogens is 1. The van der Waals surface area contributed by atoms with E-state index in [4.69, 9.17) is 16.0 Å². The van der Waals surface area contributed by atoms with Gasteiger partial charge in [-0.05, 0) is 36.8 Å². The van der Waals surface area contributed by atoms with Gasteiger partial charge < -0.3 is 14.3 Å². The number of benzene rings is 2. The molecule has 0 aliphatic rings. The molecule has 0 aliphatic carbocycles. The molecule has 1 N–H and O–H groups in total. The molecule has 0 radical (unpaired) electrons. The van der Waals surface area contributed by atoms with Crippen molar-refractivity contribution in [3.8, 4) is 11.6 Å². The lowest BCUT2D eigenvalue weighted by molar-refractivity contribution is -0.113. The highest BCUT2D eigenvalue weighted by Crippen LogP contribution is 2.28. The molecule has 1 amide bonds. The average Bonchev–Trinajstić information content (AvgIpc) is 3.26. The minimum atomic E-state index is -0.141. The number of thioether (sulfide) groups is 1. The van der Waals surface area contributed by atoms with Crippen LogP contribution in [0.15, 0.2) is 58.1 Å². The Labute approximate surface area is 170 Å². The second-order valence-corrected chi connectivity index (χ2v) is 7.66. The molecule has 2 heterocycles. The predicted molar refractivity (Wildman–Crippen MR) is 112 cm³/mol. The van der Waals surface area contributed by atoms with Gasteiger partial charge in [0.25, 0.3) is 0 Å². The molecule has 2 aromatic carbocycles. The van der Waals surface area contributed by atoms with Crippen LogP contribution in [0.2, 0.25) is 5.02 Å². The molecule has 0 saturated heterocycles. The summed E-state index contributed by atoms with van der Waals surface area (Å²) in [4.78, 5) is 12.2. The van der Waals surface area contributed by atoms with E-state index in [2.05, 4.69) is 15.5 Å². The largest absolute Gasteiger partial charge is 0.453 e. The van der Waals surface area contributed by atoms with Crippen molar-refractivity contribution in [3.63, 3.8) is 0 Å². The predicted octanol–water partition coefficient (Wildman–Crippen LogP) is 4.92. The summed E-state index contributed by atoms with van der Waals surface area (Å²) in [6, 6.07) is 15.1. The molecule has 142 valence electrons. The number of amides is 1. The third-order valence-corrected chi connectivity index (χ3v) is 5.70. The molecule has 0 fully saturated rings. The van der Waals surface area contributed by atoms with Gasteiger partial charge in [-0.1, -0.05) is 47.6 Å². The third kappa shape index (κ3) is 3.76. The van der Waals surface area contributed by atoms with Crippen LogP contribution in [0.1, 0.15) is 5.56 Å². The van der Waals surface area contributed by atoms with E-state index >= 15 is 0 Å². The molecule has 0 bridgehead atoms. The molecule has 8 heteroatoms. The van der Waals surface area contributed by atoms with Crippen LogP contribution in [-0.4, -0.2) is 26.4 Å². The first-order valence-electron chi connectivity index (χ1n) is 8.58. The van der Waals surface area contributed by atoms with Gasteiger partial charge in [-0.3, -0.25) is 4.79 Å². The molecule has 0 spiro atoms. The molecule has 0 unspecified atom stereocenters. The zero-order valence-electron chi connectivity index (χ0n) is 15.3. The first-order valence-corrected chi connectivity index (χ1v) is 9.95. The van der Waals surface area contributed by atoms with Crippen LogP contribution in [0.4, 0.5) is 5.69 Å². The Balaban J connectivity index is 1.44. The van der Waals surface area contributed by atoms with E-state index in [1.165, 1.54) is 11.8 Å². The van der Waals surface area contributed by atoms with Gasteiger partial charge in [-0.2, -0.15) is 0 Å². The average molecular weight is 413 g/mol. The molecule has 4 rings (SSSR count). The zero-order chi connectivity index (χ0) is 19.7. The standard InChI is InChI=1S/C20H17ClN4O2S/c1-12-7-8-14(10-15(12)21)22-18(26)11-28-20-24-23-19(25(20)2)17-9-13-5-3-4-6-16(13)27-17/h3-10H,11H2,1-2H3,(H,22,26). The van der Waals surface area contributed by atoms with Crippen molar-refractivity contribution in [2.45, 2.75) is 12.1 Å². The highest BCUT2D eigenvalue weighted by molar-refractivity contribution is 7.99. The Bertz CT molecular complexity index is 1140. The fourth-order valence-corrected chi connectivity index (χ4v) is 3.64. The maximum atomic E-state index is 12.2. The molecular formula is C20H17ClN4O2S. The number of aromatic nitrogens is 3. The van der Waals surface area contributed by atoms with Gasteiger partial charge in [0, 0.05) is 23.1 Å². The second-order valence-electron chi connectivity index (χ2n) is 6.31. The summed E-state index contributed by atoms with van der Waals surface area (Å²) in [6.07, 6.45) is 0. The van der Waals surface area contributed by atoms with Crippen molar-refractivity contribution < 1.29 is 9.21 Å². The lowest BCUT2D eigenvalue weighted by Crippen LogP contribution is -2.14. The molecule has 4 aromatic rings. The number of carbonyl (C=O) groups is 1. The Morgan fingerprint density at radius 2 is 2.04 bits per heavy atom. The lowest BCUT2D eigenvalue weighted by Gasteiger charge is -2.06. The van der Waals surface area contributed by atoms with Gasteiger partial charge >= 0.3 is 0 Å². The van der Waals surface area contributed by atoms with E-state index in [1.807, 2.05) is 61.0 Å². The van der Waals surface area contributed by atoms with E-state index in [1.54, 1.807) is 6.07 Å². The SMILES string of the molecule is Cc1ccc(NC(=O)CSc2nnc(-c3cc4ccccc4o3)n2C)cc1Cl. The van der Waals surface area contributed by atoms with Crippen molar-refractivity contribution >= 4 is 45.9 Å². The number of furan rings is 1. The molecule has 6 nitrogen and oxygen atoms in total. The lowest BCUT2D eigenvalue weighted by atomic mass is 10.2. The van der Waals surface area contributed by atoms with Crippen molar-refractivity contribution in [2.24, 2.45) is 7.05 Å². The molecule has 2 aromatic heterocycles. The van der Waals surface area contributed by atoms with Crippen LogP contribution in [-0.2, 0) is 11.8 Å². The third-order valence-electron chi connectivity index (χ3n) is 4.27. The number of rotatable bonds is 5. The van der Waals surface area contributed by atoms with Gasteiger partial charge in [0.15, 0.2) is 16.7 Å². The molecular weight excluding hydrogens is 396 g/mol. The summed E-state index contributed by atoms with van der Waals surface area (Å²) in [5, 5.41) is 13.5. The normalized spacial score (nSPS) is 11.1. The number of hydrogen-bond acceptors (Lipinski definition) is 5. The molecule has 28 heavy (non-hydrogen) atoms. The summed E-state index contributed by atoms with van der Waals surface area (Å²) in [5.74, 6) is 1.32.